The van der Waals surface area contributed by atoms with Crippen LogP contribution in [0.4, 0.5) is 4.79 Å². The molecule has 3 rings (SSSR count). The fourth-order valence-corrected chi connectivity index (χ4v) is 4.15. The number of carbonyl (C=O) groups excluding carboxylic acids is 1. The average molecular weight is 338 g/mol. The third-order valence-corrected chi connectivity index (χ3v) is 5.53. The van der Waals surface area contributed by atoms with Gasteiger partial charge in [0.25, 0.3) is 0 Å². The zero-order valence-electron chi connectivity index (χ0n) is 13.9. The van der Waals surface area contributed by atoms with Crippen molar-refractivity contribution in [2.24, 2.45) is 5.92 Å². The van der Waals surface area contributed by atoms with E-state index in [0.29, 0.717) is 19.8 Å². The third-order valence-electron chi connectivity index (χ3n) is 4.80. The van der Waals surface area contributed by atoms with Crippen molar-refractivity contribution in [1.82, 2.24) is 10.2 Å². The minimum Gasteiger partial charge on any atom is -0.347 e. The van der Waals surface area contributed by atoms with Gasteiger partial charge in [0.1, 0.15) is 0 Å². The summed E-state index contributed by atoms with van der Waals surface area (Å²) >= 11 is 1.69. The first-order chi connectivity index (χ1) is 11.1. The maximum absolute atomic E-state index is 12.5. The highest BCUT2D eigenvalue weighted by Crippen LogP contribution is 2.34. The lowest BCUT2D eigenvalue weighted by molar-refractivity contribution is -0.189. The largest absolute Gasteiger partial charge is 0.347 e. The first-order valence-corrected chi connectivity index (χ1v) is 9.35. The van der Waals surface area contributed by atoms with E-state index in [4.69, 9.17) is 9.47 Å². The molecule has 0 radical (unpaired) electrons. The number of piperidine rings is 1. The Morgan fingerprint density at radius 1 is 1.52 bits per heavy atom. The molecular weight excluding hydrogens is 312 g/mol. The highest BCUT2D eigenvalue weighted by Gasteiger charge is 2.42. The summed E-state index contributed by atoms with van der Waals surface area (Å²) in [6.07, 6.45) is 2.92. The third kappa shape index (κ3) is 4.05. The van der Waals surface area contributed by atoms with Gasteiger partial charge in [-0.05, 0) is 55.5 Å². The van der Waals surface area contributed by atoms with Crippen molar-refractivity contribution in [2.75, 3.05) is 26.3 Å². The van der Waals surface area contributed by atoms with E-state index in [1.165, 1.54) is 5.56 Å². The second kappa shape index (κ2) is 7.20. The van der Waals surface area contributed by atoms with Crippen molar-refractivity contribution in [3.63, 3.8) is 0 Å². The Balaban J connectivity index is 1.52. The molecule has 0 saturated carbocycles. The number of ether oxygens (including phenoxy) is 2. The molecule has 1 aromatic rings. The lowest BCUT2D eigenvalue weighted by Gasteiger charge is -2.40. The molecule has 6 heteroatoms. The van der Waals surface area contributed by atoms with E-state index in [0.717, 1.165) is 25.8 Å². The van der Waals surface area contributed by atoms with Crippen LogP contribution in [-0.2, 0) is 15.9 Å². The van der Waals surface area contributed by atoms with E-state index < -0.39 is 5.79 Å². The monoisotopic (exact) mass is 338 g/mol. The topological polar surface area (TPSA) is 50.8 Å². The van der Waals surface area contributed by atoms with Crippen LogP contribution in [0.1, 0.15) is 32.3 Å². The Labute approximate surface area is 142 Å². The number of hydrogen-bond donors (Lipinski definition) is 1. The second-order valence-corrected chi connectivity index (χ2v) is 7.46. The van der Waals surface area contributed by atoms with Gasteiger partial charge in [0.2, 0.25) is 0 Å². The summed E-state index contributed by atoms with van der Waals surface area (Å²) in [5.41, 5.74) is 1.28. The van der Waals surface area contributed by atoms with Crippen LogP contribution in [0.3, 0.4) is 0 Å². The first-order valence-electron chi connectivity index (χ1n) is 8.41. The van der Waals surface area contributed by atoms with Gasteiger partial charge in [-0.2, -0.15) is 11.3 Å². The quantitative estimate of drug-likeness (QED) is 0.918. The zero-order chi connectivity index (χ0) is 16.3. The fourth-order valence-electron chi connectivity index (χ4n) is 3.47. The number of hydrogen-bond acceptors (Lipinski definition) is 4. The molecule has 3 heterocycles. The molecule has 2 fully saturated rings. The number of nitrogens with one attached hydrogen (secondary N) is 1. The van der Waals surface area contributed by atoms with Crippen LogP contribution in [0.5, 0.6) is 0 Å². The van der Waals surface area contributed by atoms with E-state index >= 15 is 0 Å². The van der Waals surface area contributed by atoms with Crippen molar-refractivity contribution in [1.29, 1.82) is 0 Å². The highest BCUT2D eigenvalue weighted by molar-refractivity contribution is 7.07. The Kier molecular flexibility index (Phi) is 5.24. The number of nitrogens with zero attached hydrogens (tertiary/aromatic N) is 1. The number of amides is 2. The molecule has 2 amide bonds. The standard InChI is InChI=1S/C17H26N2O3S/c1-13(10-14-5-9-23-12-14)18-16(20)19-6-3-4-15(11-19)17(2)21-7-8-22-17/h5,9,12-13,15H,3-4,6-8,10-11H2,1-2H3,(H,18,20)/t13-,15+/m0/s1. The van der Waals surface area contributed by atoms with Crippen molar-refractivity contribution < 1.29 is 14.3 Å². The van der Waals surface area contributed by atoms with Gasteiger partial charge >= 0.3 is 6.03 Å². The first kappa shape index (κ1) is 16.7. The van der Waals surface area contributed by atoms with Crippen molar-refractivity contribution >= 4 is 17.4 Å². The van der Waals surface area contributed by atoms with Crippen LogP contribution in [-0.4, -0.2) is 49.1 Å². The van der Waals surface area contributed by atoms with E-state index in [2.05, 4.69) is 29.1 Å². The Hall–Kier alpha value is -1.11. The van der Waals surface area contributed by atoms with Crippen LogP contribution < -0.4 is 5.32 Å². The summed E-state index contributed by atoms with van der Waals surface area (Å²) in [5.74, 6) is -0.280. The molecule has 1 N–H and O–H groups in total. The van der Waals surface area contributed by atoms with Gasteiger partial charge in [-0.25, -0.2) is 4.79 Å². The maximum atomic E-state index is 12.5. The minimum absolute atomic E-state index is 0.0269. The van der Waals surface area contributed by atoms with Crippen molar-refractivity contribution in [3.8, 4) is 0 Å². The molecule has 128 valence electrons. The van der Waals surface area contributed by atoms with Crippen molar-refractivity contribution in [2.45, 2.75) is 44.9 Å². The normalized spacial score (nSPS) is 25.3. The average Bonchev–Trinajstić information content (AvgIpc) is 3.20. The molecule has 0 aromatic carbocycles. The summed E-state index contributed by atoms with van der Waals surface area (Å²) in [4.78, 5) is 14.4. The lowest BCUT2D eigenvalue weighted by Crippen LogP contribution is -2.52. The number of carbonyl (C=O) groups is 1. The summed E-state index contributed by atoms with van der Waals surface area (Å²) in [5, 5.41) is 7.33. The molecule has 0 bridgehead atoms. The van der Waals surface area contributed by atoms with Gasteiger partial charge in [-0.1, -0.05) is 0 Å². The van der Waals surface area contributed by atoms with Gasteiger partial charge in [0, 0.05) is 25.0 Å². The summed E-state index contributed by atoms with van der Waals surface area (Å²) in [6, 6.07) is 2.27. The Bertz CT molecular complexity index is 514. The van der Waals surface area contributed by atoms with Gasteiger partial charge in [-0.15, -0.1) is 0 Å². The predicted molar refractivity (Wildman–Crippen MR) is 90.6 cm³/mol. The van der Waals surface area contributed by atoms with Crippen LogP contribution in [0, 0.1) is 5.92 Å². The fraction of sp³-hybridized carbons (Fsp3) is 0.706. The van der Waals surface area contributed by atoms with E-state index in [-0.39, 0.29) is 18.0 Å². The minimum atomic E-state index is -0.527. The smallest absolute Gasteiger partial charge is 0.317 e. The molecular formula is C17H26N2O3S. The SMILES string of the molecule is C[C@@H](Cc1ccsc1)NC(=O)N1CCC[C@@H](C2(C)OCCO2)C1. The van der Waals surface area contributed by atoms with Gasteiger partial charge < -0.3 is 19.7 Å². The molecule has 2 saturated heterocycles. The molecule has 2 aliphatic rings. The Morgan fingerprint density at radius 2 is 2.30 bits per heavy atom. The van der Waals surface area contributed by atoms with Crippen LogP contribution >= 0.6 is 11.3 Å². The number of likely N-dealkylation sites (tertiary alicyclic amines) is 1. The maximum Gasteiger partial charge on any atom is 0.317 e. The number of thiophene rings is 1. The molecule has 1 aromatic heterocycles. The summed E-state index contributed by atoms with van der Waals surface area (Å²) in [6.45, 7) is 6.87. The molecule has 0 aliphatic carbocycles. The molecule has 2 aliphatic heterocycles. The molecule has 0 unspecified atom stereocenters. The molecule has 2 atom stereocenters. The summed E-state index contributed by atoms with van der Waals surface area (Å²) < 4.78 is 11.6. The lowest BCUT2D eigenvalue weighted by atomic mass is 9.90. The predicted octanol–water partition coefficient (Wildman–Crippen LogP) is 2.86. The molecule has 23 heavy (non-hydrogen) atoms. The summed E-state index contributed by atoms with van der Waals surface area (Å²) in [7, 11) is 0. The molecule has 0 spiro atoms. The zero-order valence-corrected chi connectivity index (χ0v) is 14.7. The number of rotatable bonds is 4. The Morgan fingerprint density at radius 3 is 3.00 bits per heavy atom. The number of urea groups is 1. The highest BCUT2D eigenvalue weighted by atomic mass is 32.1. The van der Waals surface area contributed by atoms with Crippen LogP contribution in [0.15, 0.2) is 16.8 Å². The van der Waals surface area contributed by atoms with Crippen LogP contribution in [0.25, 0.3) is 0 Å². The van der Waals surface area contributed by atoms with Crippen molar-refractivity contribution in [3.05, 3.63) is 22.4 Å². The van der Waals surface area contributed by atoms with E-state index in [9.17, 15) is 4.79 Å². The van der Waals surface area contributed by atoms with E-state index in [1.54, 1.807) is 11.3 Å². The van der Waals surface area contributed by atoms with Gasteiger partial charge in [0.05, 0.1) is 13.2 Å². The van der Waals surface area contributed by atoms with Gasteiger partial charge in [-0.3, -0.25) is 0 Å². The van der Waals surface area contributed by atoms with E-state index in [1.807, 2.05) is 11.8 Å². The van der Waals surface area contributed by atoms with Crippen LogP contribution in [0.2, 0.25) is 0 Å². The molecule has 5 nitrogen and oxygen atoms in total. The second-order valence-electron chi connectivity index (χ2n) is 6.68. The van der Waals surface area contributed by atoms with Gasteiger partial charge in [0.15, 0.2) is 5.79 Å².